The van der Waals surface area contributed by atoms with Crippen LogP contribution in [0.1, 0.15) is 33.1 Å². The molecule has 0 N–H and O–H groups in total. The fraction of sp³-hybridized carbons (Fsp3) is 1.00. The molecule has 1 unspecified atom stereocenters. The van der Waals surface area contributed by atoms with Crippen LogP contribution in [0.2, 0.25) is 0 Å². The first-order chi connectivity index (χ1) is 6.29. The molecule has 2 aliphatic heterocycles. The first-order valence-electron chi connectivity index (χ1n) is 5.62. The van der Waals surface area contributed by atoms with Crippen LogP contribution in [-0.2, 0) is 4.74 Å². The third kappa shape index (κ3) is 1.40. The quantitative estimate of drug-likeness (QED) is 0.615. The molecule has 2 aliphatic rings. The second-order valence-corrected chi connectivity index (χ2v) is 4.49. The lowest BCUT2D eigenvalue weighted by molar-refractivity contribution is -0.0231. The van der Waals surface area contributed by atoms with Gasteiger partial charge in [0.15, 0.2) is 0 Å². The number of likely N-dealkylation sites (tertiary alicyclic amines) is 1. The average molecular weight is 183 g/mol. The van der Waals surface area contributed by atoms with Gasteiger partial charge in [0.1, 0.15) is 0 Å². The Hall–Kier alpha value is -0.0800. The van der Waals surface area contributed by atoms with Gasteiger partial charge in [-0.25, -0.2) is 0 Å². The molecule has 0 aromatic heterocycles. The summed E-state index contributed by atoms with van der Waals surface area (Å²) < 4.78 is 5.47. The molecule has 76 valence electrons. The second-order valence-electron chi connectivity index (χ2n) is 4.49. The summed E-state index contributed by atoms with van der Waals surface area (Å²) in [4.78, 5) is 2.68. The van der Waals surface area contributed by atoms with E-state index in [4.69, 9.17) is 4.74 Å². The highest BCUT2D eigenvalue weighted by atomic mass is 16.5. The predicted molar refractivity (Wildman–Crippen MR) is 53.8 cm³/mol. The molecule has 0 amide bonds. The summed E-state index contributed by atoms with van der Waals surface area (Å²) in [5.74, 6) is 0.872. The van der Waals surface area contributed by atoms with Crippen LogP contribution in [0.15, 0.2) is 0 Å². The monoisotopic (exact) mass is 183 g/mol. The maximum Gasteiger partial charge on any atom is 0.0483 e. The third-order valence-electron chi connectivity index (χ3n) is 4.12. The van der Waals surface area contributed by atoms with Crippen LogP contribution in [0.25, 0.3) is 0 Å². The van der Waals surface area contributed by atoms with E-state index in [0.717, 1.165) is 19.1 Å². The molecule has 2 saturated heterocycles. The summed E-state index contributed by atoms with van der Waals surface area (Å²) >= 11 is 0. The van der Waals surface area contributed by atoms with Crippen molar-refractivity contribution >= 4 is 0 Å². The van der Waals surface area contributed by atoms with Gasteiger partial charge in [0, 0.05) is 18.8 Å². The van der Waals surface area contributed by atoms with E-state index < -0.39 is 0 Å². The molecule has 1 spiro atoms. The van der Waals surface area contributed by atoms with E-state index in [1.807, 2.05) is 0 Å². The normalized spacial score (nSPS) is 34.2. The molecule has 0 aromatic carbocycles. The van der Waals surface area contributed by atoms with Gasteiger partial charge in [0.05, 0.1) is 0 Å². The van der Waals surface area contributed by atoms with Crippen molar-refractivity contribution < 1.29 is 4.74 Å². The lowest BCUT2D eigenvalue weighted by atomic mass is 9.79. The maximum atomic E-state index is 5.47. The Labute approximate surface area is 81.3 Å². The van der Waals surface area contributed by atoms with Crippen LogP contribution in [0, 0.1) is 5.92 Å². The van der Waals surface area contributed by atoms with Crippen LogP contribution in [-0.4, -0.2) is 36.7 Å². The molecule has 13 heavy (non-hydrogen) atoms. The Balaban J connectivity index is 2.14. The van der Waals surface area contributed by atoms with Gasteiger partial charge in [-0.2, -0.15) is 0 Å². The molecule has 0 radical (unpaired) electrons. The summed E-state index contributed by atoms with van der Waals surface area (Å²) in [7, 11) is 0. The molecule has 2 heterocycles. The van der Waals surface area contributed by atoms with Crippen LogP contribution in [0.3, 0.4) is 0 Å². The zero-order chi connectivity index (χ0) is 9.31. The van der Waals surface area contributed by atoms with Gasteiger partial charge in [-0.15, -0.1) is 0 Å². The smallest absolute Gasteiger partial charge is 0.0483 e. The maximum absolute atomic E-state index is 5.47. The minimum atomic E-state index is 0.507. The molecule has 2 rings (SSSR count). The molecule has 0 bridgehead atoms. The van der Waals surface area contributed by atoms with Crippen molar-refractivity contribution in [2.75, 3.05) is 26.3 Å². The van der Waals surface area contributed by atoms with Gasteiger partial charge < -0.3 is 4.74 Å². The molecule has 0 saturated carbocycles. The zero-order valence-corrected chi connectivity index (χ0v) is 8.88. The highest BCUT2D eigenvalue weighted by Crippen LogP contribution is 2.41. The number of hydrogen-bond acceptors (Lipinski definition) is 2. The first kappa shape index (κ1) is 9.47. The Kier molecular flexibility index (Phi) is 2.61. The standard InChI is InChI=1S/C11H21NO/c1-3-12-7-4-10(2)11(12)5-8-13-9-6-11/h10H,3-9H2,1-2H3. The van der Waals surface area contributed by atoms with Crippen molar-refractivity contribution in [3.63, 3.8) is 0 Å². The Morgan fingerprint density at radius 2 is 2.08 bits per heavy atom. The van der Waals surface area contributed by atoms with E-state index >= 15 is 0 Å². The largest absolute Gasteiger partial charge is 0.381 e. The summed E-state index contributed by atoms with van der Waals surface area (Å²) in [5, 5.41) is 0. The van der Waals surface area contributed by atoms with Gasteiger partial charge >= 0.3 is 0 Å². The SMILES string of the molecule is CCN1CCC(C)C12CCOCC2. The number of nitrogens with zero attached hydrogens (tertiary/aromatic N) is 1. The van der Waals surface area contributed by atoms with Gasteiger partial charge in [0.25, 0.3) is 0 Å². The van der Waals surface area contributed by atoms with Crippen molar-refractivity contribution in [1.82, 2.24) is 4.90 Å². The van der Waals surface area contributed by atoms with E-state index in [2.05, 4.69) is 18.7 Å². The van der Waals surface area contributed by atoms with E-state index in [-0.39, 0.29) is 0 Å². The van der Waals surface area contributed by atoms with E-state index in [0.29, 0.717) is 5.54 Å². The molecule has 0 aliphatic carbocycles. The zero-order valence-electron chi connectivity index (χ0n) is 8.88. The molecule has 1 atom stereocenters. The Bertz CT molecular complexity index is 175. The summed E-state index contributed by atoms with van der Waals surface area (Å²) in [6.07, 6.45) is 3.89. The number of hydrogen-bond donors (Lipinski definition) is 0. The fourth-order valence-corrected chi connectivity index (χ4v) is 3.16. The van der Waals surface area contributed by atoms with Crippen LogP contribution in [0.4, 0.5) is 0 Å². The Morgan fingerprint density at radius 3 is 2.69 bits per heavy atom. The highest BCUT2D eigenvalue weighted by molar-refractivity contribution is 5.00. The van der Waals surface area contributed by atoms with Crippen LogP contribution in [0.5, 0.6) is 0 Å². The minimum absolute atomic E-state index is 0.507. The molecule has 0 aromatic rings. The van der Waals surface area contributed by atoms with Crippen molar-refractivity contribution in [2.24, 2.45) is 5.92 Å². The second kappa shape index (κ2) is 3.58. The van der Waals surface area contributed by atoms with Gasteiger partial charge in [-0.3, -0.25) is 4.90 Å². The predicted octanol–water partition coefficient (Wildman–Crippen LogP) is 1.90. The summed E-state index contributed by atoms with van der Waals surface area (Å²) in [6.45, 7) is 9.17. The van der Waals surface area contributed by atoms with Crippen molar-refractivity contribution in [3.8, 4) is 0 Å². The molecule has 2 heteroatoms. The lowest BCUT2D eigenvalue weighted by Gasteiger charge is -2.44. The number of ether oxygens (including phenoxy) is 1. The topological polar surface area (TPSA) is 12.5 Å². The molecule has 2 fully saturated rings. The molecular weight excluding hydrogens is 162 g/mol. The van der Waals surface area contributed by atoms with Crippen LogP contribution < -0.4 is 0 Å². The van der Waals surface area contributed by atoms with E-state index in [9.17, 15) is 0 Å². The van der Waals surface area contributed by atoms with Crippen molar-refractivity contribution in [1.29, 1.82) is 0 Å². The van der Waals surface area contributed by atoms with Gasteiger partial charge in [-0.05, 0) is 38.3 Å². The minimum Gasteiger partial charge on any atom is -0.381 e. The van der Waals surface area contributed by atoms with Crippen LogP contribution >= 0.6 is 0 Å². The van der Waals surface area contributed by atoms with E-state index in [1.165, 1.54) is 32.4 Å². The van der Waals surface area contributed by atoms with Crippen molar-refractivity contribution in [3.05, 3.63) is 0 Å². The summed E-state index contributed by atoms with van der Waals surface area (Å²) in [6, 6.07) is 0. The van der Waals surface area contributed by atoms with Gasteiger partial charge in [-0.1, -0.05) is 13.8 Å². The lowest BCUT2D eigenvalue weighted by Crippen LogP contribution is -2.50. The van der Waals surface area contributed by atoms with Crippen molar-refractivity contribution in [2.45, 2.75) is 38.6 Å². The molecular formula is C11H21NO. The Morgan fingerprint density at radius 1 is 1.38 bits per heavy atom. The van der Waals surface area contributed by atoms with E-state index in [1.54, 1.807) is 0 Å². The number of rotatable bonds is 1. The average Bonchev–Trinajstić information content (AvgIpc) is 2.46. The first-order valence-corrected chi connectivity index (χ1v) is 5.62. The summed E-state index contributed by atoms with van der Waals surface area (Å²) in [5.41, 5.74) is 0.507. The fourth-order valence-electron chi connectivity index (χ4n) is 3.16. The highest BCUT2D eigenvalue weighted by Gasteiger charge is 2.46. The van der Waals surface area contributed by atoms with Gasteiger partial charge in [0.2, 0.25) is 0 Å². The molecule has 2 nitrogen and oxygen atoms in total. The third-order valence-corrected chi connectivity index (χ3v) is 4.12.